The van der Waals surface area contributed by atoms with Gasteiger partial charge in [-0.15, -0.1) is 0 Å². The standard InChI is InChI=1S/C22H25ClN4O/c1-17(22(28)25-16-18-7-9-20(23)10-8-18)26-11-13-27(14-12-26)21(15-24)19-5-3-2-4-6-19/h2-10,17,21H,11-14,16H2,1H3,(H,25,28). The minimum Gasteiger partial charge on any atom is -0.351 e. The van der Waals surface area contributed by atoms with Gasteiger partial charge in [0.2, 0.25) is 5.91 Å². The Kier molecular flexibility index (Phi) is 7.05. The first-order valence-corrected chi connectivity index (χ1v) is 9.91. The first kappa shape index (κ1) is 20.3. The van der Waals surface area contributed by atoms with Crippen molar-refractivity contribution in [3.63, 3.8) is 0 Å². The molecule has 0 aliphatic carbocycles. The van der Waals surface area contributed by atoms with Crippen molar-refractivity contribution in [1.82, 2.24) is 15.1 Å². The maximum atomic E-state index is 12.5. The maximum absolute atomic E-state index is 12.5. The second-order valence-electron chi connectivity index (χ2n) is 7.03. The van der Waals surface area contributed by atoms with E-state index >= 15 is 0 Å². The van der Waals surface area contributed by atoms with Crippen LogP contribution in [0, 0.1) is 11.3 Å². The molecule has 6 heteroatoms. The molecule has 1 aliphatic rings. The number of carbonyl (C=O) groups is 1. The summed E-state index contributed by atoms with van der Waals surface area (Å²) in [6, 6.07) is 19.3. The molecule has 0 radical (unpaired) electrons. The molecule has 2 aromatic carbocycles. The van der Waals surface area contributed by atoms with Crippen LogP contribution >= 0.6 is 11.6 Å². The fourth-order valence-electron chi connectivity index (χ4n) is 3.49. The Balaban J connectivity index is 1.50. The molecule has 2 atom stereocenters. The highest BCUT2D eigenvalue weighted by Crippen LogP contribution is 2.22. The van der Waals surface area contributed by atoms with Crippen molar-refractivity contribution in [3.8, 4) is 6.07 Å². The zero-order chi connectivity index (χ0) is 19.9. The number of nitrogens with zero attached hydrogens (tertiary/aromatic N) is 3. The minimum atomic E-state index is -0.239. The molecule has 2 unspecified atom stereocenters. The van der Waals surface area contributed by atoms with Crippen LogP contribution in [-0.2, 0) is 11.3 Å². The molecule has 28 heavy (non-hydrogen) atoms. The third kappa shape index (κ3) is 5.11. The third-order valence-corrected chi connectivity index (χ3v) is 5.51. The second-order valence-corrected chi connectivity index (χ2v) is 7.47. The van der Waals surface area contributed by atoms with Gasteiger partial charge in [0.15, 0.2) is 0 Å². The molecule has 1 fully saturated rings. The zero-order valence-corrected chi connectivity index (χ0v) is 16.8. The monoisotopic (exact) mass is 396 g/mol. The number of piperazine rings is 1. The van der Waals surface area contributed by atoms with Crippen molar-refractivity contribution in [3.05, 3.63) is 70.7 Å². The van der Waals surface area contributed by atoms with Crippen LogP contribution in [0.3, 0.4) is 0 Å². The molecule has 0 aromatic heterocycles. The van der Waals surface area contributed by atoms with Crippen LogP contribution in [0.25, 0.3) is 0 Å². The smallest absolute Gasteiger partial charge is 0.237 e. The molecule has 5 nitrogen and oxygen atoms in total. The Morgan fingerprint density at radius 3 is 2.29 bits per heavy atom. The Labute approximate surface area is 171 Å². The van der Waals surface area contributed by atoms with Gasteiger partial charge >= 0.3 is 0 Å². The van der Waals surface area contributed by atoms with Crippen LogP contribution in [0.5, 0.6) is 0 Å². The fourth-order valence-corrected chi connectivity index (χ4v) is 3.62. The van der Waals surface area contributed by atoms with E-state index in [0.29, 0.717) is 11.6 Å². The average Bonchev–Trinajstić information content (AvgIpc) is 2.74. The van der Waals surface area contributed by atoms with E-state index in [1.165, 1.54) is 0 Å². The summed E-state index contributed by atoms with van der Waals surface area (Å²) in [7, 11) is 0. The number of nitriles is 1. The normalized spacial score (nSPS) is 17.5. The molecule has 1 aliphatic heterocycles. The van der Waals surface area contributed by atoms with E-state index in [1.807, 2.05) is 61.5 Å². The van der Waals surface area contributed by atoms with Gasteiger partial charge in [0.25, 0.3) is 0 Å². The SMILES string of the molecule is CC(C(=O)NCc1ccc(Cl)cc1)N1CCN(C(C#N)c2ccccc2)CC1. The van der Waals surface area contributed by atoms with E-state index in [1.54, 1.807) is 0 Å². The highest BCUT2D eigenvalue weighted by Gasteiger charge is 2.29. The van der Waals surface area contributed by atoms with E-state index in [0.717, 1.165) is 37.3 Å². The van der Waals surface area contributed by atoms with Gasteiger partial charge in [0.1, 0.15) is 6.04 Å². The fraction of sp³-hybridized carbons (Fsp3) is 0.364. The van der Waals surface area contributed by atoms with Gasteiger partial charge in [-0.1, -0.05) is 54.1 Å². The molecule has 146 valence electrons. The number of carbonyl (C=O) groups excluding carboxylic acids is 1. The van der Waals surface area contributed by atoms with E-state index < -0.39 is 0 Å². The van der Waals surface area contributed by atoms with Crippen molar-refractivity contribution in [2.75, 3.05) is 26.2 Å². The number of amides is 1. The molecule has 0 saturated carbocycles. The number of hydrogen-bond acceptors (Lipinski definition) is 4. The molecule has 2 aromatic rings. The average molecular weight is 397 g/mol. The molecule has 1 saturated heterocycles. The van der Waals surface area contributed by atoms with Crippen LogP contribution in [-0.4, -0.2) is 47.9 Å². The summed E-state index contributed by atoms with van der Waals surface area (Å²) in [4.78, 5) is 16.9. The van der Waals surface area contributed by atoms with Crippen molar-refractivity contribution < 1.29 is 4.79 Å². The number of nitrogens with one attached hydrogen (secondary N) is 1. The summed E-state index contributed by atoms with van der Waals surface area (Å²) in [5.74, 6) is 0.0169. The minimum absolute atomic E-state index is 0.0169. The Morgan fingerprint density at radius 2 is 1.68 bits per heavy atom. The quantitative estimate of drug-likeness (QED) is 0.814. The molecule has 0 bridgehead atoms. The number of halogens is 1. The highest BCUT2D eigenvalue weighted by molar-refractivity contribution is 6.30. The van der Waals surface area contributed by atoms with Crippen molar-refractivity contribution in [1.29, 1.82) is 5.26 Å². The molecular weight excluding hydrogens is 372 g/mol. The Bertz CT molecular complexity index is 811. The van der Waals surface area contributed by atoms with Gasteiger partial charge in [-0.3, -0.25) is 14.6 Å². The largest absolute Gasteiger partial charge is 0.351 e. The molecule has 3 rings (SSSR count). The molecule has 1 amide bonds. The lowest BCUT2D eigenvalue weighted by Gasteiger charge is -2.39. The van der Waals surface area contributed by atoms with E-state index in [4.69, 9.17) is 11.6 Å². The molecular formula is C22H25ClN4O. The van der Waals surface area contributed by atoms with E-state index in [9.17, 15) is 10.1 Å². The Hall–Kier alpha value is -2.39. The second kappa shape index (κ2) is 9.70. The summed E-state index contributed by atoms with van der Waals surface area (Å²) < 4.78 is 0. The van der Waals surface area contributed by atoms with Crippen LogP contribution in [0.2, 0.25) is 5.02 Å². The lowest BCUT2D eigenvalue weighted by molar-refractivity contribution is -0.126. The number of rotatable bonds is 6. The van der Waals surface area contributed by atoms with Gasteiger partial charge in [0.05, 0.1) is 12.1 Å². The van der Waals surface area contributed by atoms with Crippen LogP contribution in [0.15, 0.2) is 54.6 Å². The molecule has 1 N–H and O–H groups in total. The Morgan fingerprint density at radius 1 is 1.07 bits per heavy atom. The van der Waals surface area contributed by atoms with Crippen LogP contribution < -0.4 is 5.32 Å². The number of benzene rings is 2. The van der Waals surface area contributed by atoms with Gasteiger partial charge in [-0.25, -0.2) is 0 Å². The van der Waals surface area contributed by atoms with E-state index in [2.05, 4.69) is 21.2 Å². The topological polar surface area (TPSA) is 59.4 Å². The lowest BCUT2D eigenvalue weighted by atomic mass is 10.1. The third-order valence-electron chi connectivity index (χ3n) is 5.26. The summed E-state index contributed by atoms with van der Waals surface area (Å²) >= 11 is 5.89. The van der Waals surface area contributed by atoms with Gasteiger partial charge in [0, 0.05) is 37.7 Å². The highest BCUT2D eigenvalue weighted by atomic mass is 35.5. The summed E-state index contributed by atoms with van der Waals surface area (Å²) in [5.41, 5.74) is 2.04. The number of hydrogen-bond donors (Lipinski definition) is 1. The predicted molar refractivity (Wildman–Crippen MR) is 111 cm³/mol. The van der Waals surface area contributed by atoms with Crippen LogP contribution in [0.4, 0.5) is 0 Å². The van der Waals surface area contributed by atoms with Crippen molar-refractivity contribution in [2.24, 2.45) is 0 Å². The van der Waals surface area contributed by atoms with Gasteiger partial charge in [-0.05, 0) is 30.2 Å². The maximum Gasteiger partial charge on any atom is 0.237 e. The molecule has 0 spiro atoms. The summed E-state index contributed by atoms with van der Waals surface area (Å²) in [6.07, 6.45) is 0. The zero-order valence-electron chi connectivity index (χ0n) is 16.0. The van der Waals surface area contributed by atoms with Gasteiger partial charge < -0.3 is 5.32 Å². The lowest BCUT2D eigenvalue weighted by Crippen LogP contribution is -2.54. The van der Waals surface area contributed by atoms with E-state index in [-0.39, 0.29) is 18.0 Å². The predicted octanol–water partition coefficient (Wildman–Crippen LogP) is 3.23. The summed E-state index contributed by atoms with van der Waals surface area (Å²) in [6.45, 7) is 5.49. The first-order valence-electron chi connectivity index (χ1n) is 9.53. The summed E-state index contributed by atoms with van der Waals surface area (Å²) in [5, 5.41) is 13.3. The molecule has 1 heterocycles. The first-order chi connectivity index (χ1) is 13.6. The van der Waals surface area contributed by atoms with Gasteiger partial charge in [-0.2, -0.15) is 5.26 Å². The van der Waals surface area contributed by atoms with Crippen molar-refractivity contribution in [2.45, 2.75) is 25.6 Å². The van der Waals surface area contributed by atoms with Crippen LogP contribution in [0.1, 0.15) is 24.1 Å². The van der Waals surface area contributed by atoms with Crippen molar-refractivity contribution >= 4 is 17.5 Å².